The van der Waals surface area contributed by atoms with Crippen molar-refractivity contribution in [1.29, 1.82) is 5.41 Å². The Balaban J connectivity index is 2.96. The molecule has 0 saturated carbocycles. The molecule has 0 aliphatic heterocycles. The summed E-state index contributed by atoms with van der Waals surface area (Å²) in [5, 5.41) is 6.85. The Kier molecular flexibility index (Phi) is 6.70. The van der Waals surface area contributed by atoms with Gasteiger partial charge in [-0.25, -0.2) is 0 Å². The Morgan fingerprint density at radius 1 is 1.33 bits per heavy atom. The van der Waals surface area contributed by atoms with E-state index < -0.39 is 0 Å². The molecule has 0 spiro atoms. The third kappa shape index (κ3) is 9.39. The van der Waals surface area contributed by atoms with Crippen molar-refractivity contribution < 1.29 is 9.47 Å². The lowest BCUT2D eigenvalue weighted by Gasteiger charge is -2.06. The van der Waals surface area contributed by atoms with Crippen LogP contribution in [0.2, 0.25) is 0 Å². The highest BCUT2D eigenvalue weighted by Crippen LogP contribution is 1.91. The second-order valence-electron chi connectivity index (χ2n) is 3.05. The molecule has 0 aliphatic rings. The number of hydrogen-bond acceptors (Lipinski definition) is 3. The third-order valence-electron chi connectivity index (χ3n) is 1.08. The summed E-state index contributed by atoms with van der Waals surface area (Å²) in [5.41, 5.74) is 5.07. The summed E-state index contributed by atoms with van der Waals surface area (Å²) in [6.07, 6.45) is 0. The van der Waals surface area contributed by atoms with Crippen LogP contribution >= 0.6 is 0 Å². The predicted octanol–water partition coefficient (Wildman–Crippen LogP) is 0.612. The molecule has 0 unspecified atom stereocenters. The minimum atomic E-state index is 0.0545. The maximum Gasteiger partial charge on any atom is 0.117 e. The van der Waals surface area contributed by atoms with E-state index in [0.29, 0.717) is 19.1 Å². The molecule has 0 radical (unpaired) electrons. The highest BCUT2D eigenvalue weighted by molar-refractivity contribution is 5.78. The second-order valence-corrected chi connectivity index (χ2v) is 3.05. The van der Waals surface area contributed by atoms with Crippen LogP contribution in [0.3, 0.4) is 0 Å². The molecule has 0 aromatic carbocycles. The summed E-state index contributed by atoms with van der Waals surface area (Å²) in [7, 11) is 0. The third-order valence-corrected chi connectivity index (χ3v) is 1.08. The Bertz CT molecular complexity index is 126. The molecule has 4 nitrogen and oxygen atoms in total. The van der Waals surface area contributed by atoms with Crippen LogP contribution in [0.25, 0.3) is 0 Å². The maximum atomic E-state index is 6.85. The molecule has 0 atom stereocenters. The lowest BCUT2D eigenvalue weighted by atomic mass is 10.2. The van der Waals surface area contributed by atoms with Crippen LogP contribution < -0.4 is 5.73 Å². The van der Waals surface area contributed by atoms with Crippen LogP contribution in [0.4, 0.5) is 0 Å². The molecule has 3 N–H and O–H groups in total. The highest BCUT2D eigenvalue weighted by Gasteiger charge is 1.94. The van der Waals surface area contributed by atoms with Gasteiger partial charge in [-0.3, -0.25) is 5.41 Å². The van der Waals surface area contributed by atoms with Gasteiger partial charge < -0.3 is 15.2 Å². The Morgan fingerprint density at radius 2 is 1.92 bits per heavy atom. The second kappa shape index (κ2) is 7.06. The first-order valence-corrected chi connectivity index (χ1v) is 4.11. The van der Waals surface area contributed by atoms with Crippen molar-refractivity contribution in [3.63, 3.8) is 0 Å². The lowest BCUT2D eigenvalue weighted by molar-refractivity contribution is 0.0495. The van der Waals surface area contributed by atoms with E-state index >= 15 is 0 Å². The zero-order valence-electron chi connectivity index (χ0n) is 7.80. The first kappa shape index (κ1) is 11.4. The van der Waals surface area contributed by atoms with Crippen molar-refractivity contribution >= 4 is 5.84 Å². The molecule has 0 aromatic rings. The summed E-state index contributed by atoms with van der Waals surface area (Å²) in [6, 6.07) is 0. The fraction of sp³-hybridized carbons (Fsp3) is 0.875. The van der Waals surface area contributed by atoms with Crippen LogP contribution in [-0.4, -0.2) is 32.3 Å². The van der Waals surface area contributed by atoms with E-state index in [2.05, 4.69) is 13.8 Å². The zero-order chi connectivity index (χ0) is 9.40. The van der Waals surface area contributed by atoms with Gasteiger partial charge in [-0.15, -0.1) is 0 Å². The first-order chi connectivity index (χ1) is 5.63. The molecule has 0 heterocycles. The van der Waals surface area contributed by atoms with Gasteiger partial charge in [-0.2, -0.15) is 0 Å². The fourth-order valence-electron chi connectivity index (χ4n) is 0.619. The molecule has 12 heavy (non-hydrogen) atoms. The average molecular weight is 174 g/mol. The standard InChI is InChI=1S/C8H18N2O2/c1-7(2)5-11-3-4-12-6-8(9)10/h7H,3-6H2,1-2H3,(H3,9,10). The van der Waals surface area contributed by atoms with E-state index in [0.717, 1.165) is 6.61 Å². The van der Waals surface area contributed by atoms with Crippen LogP contribution in [0, 0.1) is 11.3 Å². The predicted molar refractivity (Wildman–Crippen MR) is 48.4 cm³/mol. The largest absolute Gasteiger partial charge is 0.386 e. The molecule has 0 aliphatic carbocycles. The molecule has 72 valence electrons. The van der Waals surface area contributed by atoms with Gasteiger partial charge in [0.1, 0.15) is 12.4 Å². The summed E-state index contributed by atoms with van der Waals surface area (Å²) in [4.78, 5) is 0. The van der Waals surface area contributed by atoms with Crippen molar-refractivity contribution in [2.45, 2.75) is 13.8 Å². The smallest absolute Gasteiger partial charge is 0.117 e. The Morgan fingerprint density at radius 3 is 2.42 bits per heavy atom. The summed E-state index contributed by atoms with van der Waals surface area (Å²) in [6.45, 7) is 6.22. The first-order valence-electron chi connectivity index (χ1n) is 4.11. The Labute approximate surface area is 73.5 Å². The van der Waals surface area contributed by atoms with E-state index in [-0.39, 0.29) is 12.4 Å². The van der Waals surface area contributed by atoms with Crippen LogP contribution in [0.1, 0.15) is 13.8 Å². The van der Waals surface area contributed by atoms with E-state index in [4.69, 9.17) is 20.6 Å². The minimum Gasteiger partial charge on any atom is -0.386 e. The molecule has 0 fully saturated rings. The van der Waals surface area contributed by atoms with Crippen molar-refractivity contribution in [3.8, 4) is 0 Å². The lowest BCUT2D eigenvalue weighted by Crippen LogP contribution is -2.19. The molecular formula is C8H18N2O2. The summed E-state index contributed by atoms with van der Waals surface area (Å²) < 4.78 is 10.2. The Hall–Kier alpha value is -0.610. The number of rotatable bonds is 7. The number of ether oxygens (including phenoxy) is 2. The number of nitrogens with two attached hydrogens (primary N) is 1. The van der Waals surface area contributed by atoms with Gasteiger partial charge >= 0.3 is 0 Å². The number of amidine groups is 1. The molecule has 0 rings (SSSR count). The molecule has 0 saturated heterocycles. The highest BCUT2D eigenvalue weighted by atomic mass is 16.5. The minimum absolute atomic E-state index is 0.0545. The van der Waals surface area contributed by atoms with Gasteiger partial charge in [0, 0.05) is 6.61 Å². The topological polar surface area (TPSA) is 68.3 Å². The molecular weight excluding hydrogens is 156 g/mol. The van der Waals surface area contributed by atoms with Gasteiger partial charge in [0.2, 0.25) is 0 Å². The van der Waals surface area contributed by atoms with Gasteiger partial charge in [0.25, 0.3) is 0 Å². The number of hydrogen-bond donors (Lipinski definition) is 2. The summed E-state index contributed by atoms with van der Waals surface area (Å²) in [5.74, 6) is 0.608. The van der Waals surface area contributed by atoms with E-state index in [9.17, 15) is 0 Å². The quantitative estimate of drug-likeness (QED) is 0.337. The van der Waals surface area contributed by atoms with Gasteiger partial charge in [-0.1, -0.05) is 13.8 Å². The van der Waals surface area contributed by atoms with Crippen LogP contribution in [0.15, 0.2) is 0 Å². The van der Waals surface area contributed by atoms with Crippen molar-refractivity contribution in [2.75, 3.05) is 26.4 Å². The van der Waals surface area contributed by atoms with E-state index in [1.807, 2.05) is 0 Å². The molecule has 0 amide bonds. The van der Waals surface area contributed by atoms with E-state index in [1.54, 1.807) is 0 Å². The van der Waals surface area contributed by atoms with Gasteiger partial charge in [0.05, 0.1) is 13.2 Å². The van der Waals surface area contributed by atoms with Crippen LogP contribution in [0.5, 0.6) is 0 Å². The SMILES string of the molecule is CC(C)COCCOCC(=N)N. The average Bonchev–Trinajstić information content (AvgIpc) is 1.95. The molecule has 0 aromatic heterocycles. The monoisotopic (exact) mass is 174 g/mol. The zero-order valence-corrected chi connectivity index (χ0v) is 7.80. The van der Waals surface area contributed by atoms with Crippen LogP contribution in [-0.2, 0) is 9.47 Å². The van der Waals surface area contributed by atoms with Crippen molar-refractivity contribution in [2.24, 2.45) is 11.7 Å². The molecule has 4 heteroatoms. The normalized spacial score (nSPS) is 10.6. The molecule has 0 bridgehead atoms. The maximum absolute atomic E-state index is 6.85. The fourth-order valence-corrected chi connectivity index (χ4v) is 0.619. The van der Waals surface area contributed by atoms with Crippen molar-refractivity contribution in [1.82, 2.24) is 0 Å². The van der Waals surface area contributed by atoms with Crippen molar-refractivity contribution in [3.05, 3.63) is 0 Å². The van der Waals surface area contributed by atoms with E-state index in [1.165, 1.54) is 0 Å². The number of nitrogens with one attached hydrogen (secondary N) is 1. The summed E-state index contributed by atoms with van der Waals surface area (Å²) >= 11 is 0. The van der Waals surface area contributed by atoms with Gasteiger partial charge in [0.15, 0.2) is 0 Å². The van der Waals surface area contributed by atoms with Gasteiger partial charge in [-0.05, 0) is 5.92 Å².